The molecule has 1 aromatic heterocycles. The van der Waals surface area contributed by atoms with Gasteiger partial charge in [0.15, 0.2) is 17.6 Å². The second-order valence-electron chi connectivity index (χ2n) is 5.17. The predicted octanol–water partition coefficient (Wildman–Crippen LogP) is -0.0672. The van der Waals surface area contributed by atoms with Gasteiger partial charge in [-0.3, -0.25) is 14.3 Å². The molecule has 1 aliphatic heterocycles. The number of nitrogens with one attached hydrogen (secondary N) is 1. The number of benzene rings is 1. The fourth-order valence-corrected chi connectivity index (χ4v) is 2.72. The summed E-state index contributed by atoms with van der Waals surface area (Å²) in [6.07, 6.45) is -1.04. The number of rotatable bonds is 3. The summed E-state index contributed by atoms with van der Waals surface area (Å²) < 4.78 is 16.8. The van der Waals surface area contributed by atoms with Gasteiger partial charge in [-0.05, 0) is 6.07 Å². The van der Waals surface area contributed by atoms with Gasteiger partial charge in [0.05, 0.1) is 14.2 Å². The van der Waals surface area contributed by atoms with Gasteiger partial charge < -0.3 is 19.9 Å². The predicted molar refractivity (Wildman–Crippen MR) is 83.5 cm³/mol. The van der Waals surface area contributed by atoms with Crippen LogP contribution in [0.1, 0.15) is 27.6 Å². The maximum Gasteiger partial charge on any atom is 0.343 e. The van der Waals surface area contributed by atoms with Gasteiger partial charge in [-0.25, -0.2) is 9.59 Å². The molecule has 3 rings (SSSR count). The first kappa shape index (κ1) is 15.7. The summed E-state index contributed by atoms with van der Waals surface area (Å²) in [5.74, 6) is -0.180. The number of cyclic esters (lactones) is 1. The average molecular weight is 333 g/mol. The van der Waals surface area contributed by atoms with Crippen molar-refractivity contribution in [2.45, 2.75) is 6.10 Å². The Kier molecular flexibility index (Phi) is 3.55. The maximum atomic E-state index is 12.3. The van der Waals surface area contributed by atoms with E-state index in [9.17, 15) is 14.4 Å². The number of nitrogen functional groups attached to an aromatic ring is 1. The summed E-state index contributed by atoms with van der Waals surface area (Å²) in [4.78, 5) is 38.2. The minimum absolute atomic E-state index is 0.0172. The van der Waals surface area contributed by atoms with E-state index in [1.807, 2.05) is 0 Å². The van der Waals surface area contributed by atoms with E-state index in [2.05, 4.69) is 4.98 Å². The SMILES string of the molecule is COc1ccc2c(c1OC)C(=O)O[C@@H]2c1c(N)n(C)c(=O)[nH]c1=O. The van der Waals surface area contributed by atoms with Crippen molar-refractivity contribution < 1.29 is 19.0 Å². The molecular weight excluding hydrogens is 318 g/mol. The number of nitrogens with zero attached hydrogens (tertiary/aromatic N) is 1. The number of methoxy groups -OCH3 is 2. The zero-order valence-electron chi connectivity index (χ0n) is 13.2. The quantitative estimate of drug-likeness (QED) is 0.753. The Morgan fingerprint density at radius 3 is 2.54 bits per heavy atom. The van der Waals surface area contributed by atoms with Gasteiger partial charge in [0, 0.05) is 12.6 Å². The summed E-state index contributed by atoms with van der Waals surface area (Å²) in [7, 11) is 4.24. The Hall–Kier alpha value is -3.23. The van der Waals surface area contributed by atoms with E-state index in [4.69, 9.17) is 19.9 Å². The molecule has 1 atom stereocenters. The van der Waals surface area contributed by atoms with E-state index in [1.54, 1.807) is 12.1 Å². The van der Waals surface area contributed by atoms with Gasteiger partial charge in [0.1, 0.15) is 16.9 Å². The molecule has 2 aromatic rings. The molecule has 3 N–H and O–H groups in total. The second kappa shape index (κ2) is 5.44. The van der Waals surface area contributed by atoms with Crippen molar-refractivity contribution in [1.82, 2.24) is 9.55 Å². The Morgan fingerprint density at radius 1 is 1.21 bits per heavy atom. The van der Waals surface area contributed by atoms with Gasteiger partial charge in [-0.15, -0.1) is 0 Å². The summed E-state index contributed by atoms with van der Waals surface area (Å²) >= 11 is 0. The van der Waals surface area contributed by atoms with Crippen LogP contribution in [0.4, 0.5) is 5.82 Å². The Morgan fingerprint density at radius 2 is 1.92 bits per heavy atom. The van der Waals surface area contributed by atoms with E-state index >= 15 is 0 Å². The largest absolute Gasteiger partial charge is 0.493 e. The highest BCUT2D eigenvalue weighted by Gasteiger charge is 2.39. The van der Waals surface area contributed by atoms with Gasteiger partial charge in [0.2, 0.25) is 0 Å². The fourth-order valence-electron chi connectivity index (χ4n) is 2.72. The van der Waals surface area contributed by atoms with Crippen molar-refractivity contribution in [2.24, 2.45) is 7.05 Å². The van der Waals surface area contributed by atoms with Gasteiger partial charge in [-0.2, -0.15) is 0 Å². The highest BCUT2D eigenvalue weighted by Crippen LogP contribution is 2.44. The number of aromatic nitrogens is 2. The molecule has 9 nitrogen and oxygen atoms in total. The molecule has 0 saturated carbocycles. The van der Waals surface area contributed by atoms with Crippen molar-refractivity contribution >= 4 is 11.8 Å². The standard InChI is InChI=1S/C15H15N3O6/c1-18-12(16)9(13(19)17-15(18)21)10-6-4-5-7(22-2)11(23-3)8(6)14(20)24-10/h4-5,10H,16H2,1-3H3,(H,17,19,21)/t10-/m0/s1. The normalized spacial score (nSPS) is 15.8. The van der Waals surface area contributed by atoms with Crippen LogP contribution >= 0.6 is 0 Å². The molecule has 126 valence electrons. The number of hydrogen-bond donors (Lipinski definition) is 2. The third-order valence-electron chi connectivity index (χ3n) is 3.96. The molecule has 0 saturated heterocycles. The van der Waals surface area contributed by atoms with E-state index in [0.29, 0.717) is 11.3 Å². The lowest BCUT2D eigenvalue weighted by molar-refractivity contribution is 0.0452. The van der Waals surface area contributed by atoms with Gasteiger partial charge >= 0.3 is 11.7 Å². The van der Waals surface area contributed by atoms with E-state index in [0.717, 1.165) is 4.57 Å². The molecular formula is C15H15N3O6. The number of aromatic amines is 1. The average Bonchev–Trinajstić information content (AvgIpc) is 2.88. The van der Waals surface area contributed by atoms with Crippen molar-refractivity contribution in [3.63, 3.8) is 0 Å². The minimum atomic E-state index is -1.04. The maximum absolute atomic E-state index is 12.3. The third-order valence-corrected chi connectivity index (χ3v) is 3.96. The molecule has 0 fully saturated rings. The molecule has 0 unspecified atom stereocenters. The lowest BCUT2D eigenvalue weighted by atomic mass is 9.99. The van der Waals surface area contributed by atoms with Crippen LogP contribution in [0.5, 0.6) is 11.5 Å². The minimum Gasteiger partial charge on any atom is -0.493 e. The highest BCUT2D eigenvalue weighted by molar-refractivity contribution is 5.98. The zero-order valence-corrected chi connectivity index (χ0v) is 13.2. The lowest BCUT2D eigenvalue weighted by Gasteiger charge is -2.15. The van der Waals surface area contributed by atoms with Crippen LogP contribution in [0.2, 0.25) is 0 Å². The van der Waals surface area contributed by atoms with Crippen LogP contribution in [0.25, 0.3) is 0 Å². The monoisotopic (exact) mass is 333 g/mol. The number of esters is 1. The first-order chi connectivity index (χ1) is 11.4. The Labute approximate surface area is 135 Å². The van der Waals surface area contributed by atoms with E-state index in [-0.39, 0.29) is 22.7 Å². The molecule has 1 aliphatic rings. The van der Waals surface area contributed by atoms with Crippen LogP contribution in [-0.4, -0.2) is 29.7 Å². The molecule has 0 amide bonds. The van der Waals surface area contributed by atoms with Crippen LogP contribution in [-0.2, 0) is 11.8 Å². The van der Waals surface area contributed by atoms with Crippen molar-refractivity contribution in [3.8, 4) is 11.5 Å². The fraction of sp³-hybridized carbons (Fsp3) is 0.267. The second-order valence-corrected chi connectivity index (χ2v) is 5.17. The number of carbonyl (C=O) groups excluding carboxylic acids is 1. The first-order valence-corrected chi connectivity index (χ1v) is 6.95. The number of carbonyl (C=O) groups is 1. The van der Waals surface area contributed by atoms with Crippen LogP contribution in [0, 0.1) is 0 Å². The van der Waals surface area contributed by atoms with Crippen LogP contribution < -0.4 is 26.5 Å². The first-order valence-electron chi connectivity index (χ1n) is 6.95. The van der Waals surface area contributed by atoms with E-state index in [1.165, 1.54) is 21.3 Å². The third kappa shape index (κ3) is 2.05. The van der Waals surface area contributed by atoms with Crippen molar-refractivity contribution in [3.05, 3.63) is 49.7 Å². The van der Waals surface area contributed by atoms with Gasteiger partial charge in [-0.1, -0.05) is 6.07 Å². The van der Waals surface area contributed by atoms with Crippen molar-refractivity contribution in [1.29, 1.82) is 0 Å². The molecule has 0 spiro atoms. The van der Waals surface area contributed by atoms with Crippen molar-refractivity contribution in [2.75, 3.05) is 20.0 Å². The number of fused-ring (bicyclic) bond motifs is 1. The molecule has 24 heavy (non-hydrogen) atoms. The van der Waals surface area contributed by atoms with Crippen LogP contribution in [0.3, 0.4) is 0 Å². The number of hydrogen-bond acceptors (Lipinski definition) is 7. The Bertz CT molecular complexity index is 959. The number of anilines is 1. The number of nitrogens with two attached hydrogens (primary N) is 1. The number of ether oxygens (including phenoxy) is 3. The molecule has 2 heterocycles. The highest BCUT2D eigenvalue weighted by atomic mass is 16.6. The molecule has 9 heteroatoms. The molecule has 1 aromatic carbocycles. The lowest BCUT2D eigenvalue weighted by Crippen LogP contribution is -2.34. The Balaban J connectivity index is 2.28. The smallest absolute Gasteiger partial charge is 0.343 e. The van der Waals surface area contributed by atoms with Gasteiger partial charge in [0.25, 0.3) is 5.56 Å². The molecule has 0 aliphatic carbocycles. The molecule has 0 radical (unpaired) electrons. The topological polar surface area (TPSA) is 126 Å². The van der Waals surface area contributed by atoms with Crippen LogP contribution in [0.15, 0.2) is 21.7 Å². The summed E-state index contributed by atoms with van der Waals surface area (Å²) in [5, 5.41) is 0. The number of H-pyrrole nitrogens is 1. The summed E-state index contributed by atoms with van der Waals surface area (Å²) in [6.45, 7) is 0. The molecule has 0 bridgehead atoms. The summed E-state index contributed by atoms with van der Waals surface area (Å²) in [6, 6.07) is 3.19. The summed E-state index contributed by atoms with van der Waals surface area (Å²) in [5.41, 5.74) is 5.08. The van der Waals surface area contributed by atoms with E-state index < -0.39 is 23.3 Å². The zero-order chi connectivity index (χ0) is 17.6.